The summed E-state index contributed by atoms with van der Waals surface area (Å²) in [5.74, 6) is -0.289. The lowest BCUT2D eigenvalue weighted by atomic mass is 10.1. The fourth-order valence-electron chi connectivity index (χ4n) is 2.07. The predicted molar refractivity (Wildman–Crippen MR) is 86.9 cm³/mol. The number of anilines is 1. The average Bonchev–Trinajstić information content (AvgIpc) is 2.56. The zero-order valence-corrected chi connectivity index (χ0v) is 12.8. The van der Waals surface area contributed by atoms with Gasteiger partial charge in [-0.3, -0.25) is 4.72 Å². The molecule has 0 aliphatic heterocycles. The van der Waals surface area contributed by atoms with E-state index >= 15 is 0 Å². The monoisotopic (exact) mass is 328 g/mol. The van der Waals surface area contributed by atoms with Crippen molar-refractivity contribution in [3.05, 3.63) is 78.7 Å². The molecule has 0 bridgehead atoms. The van der Waals surface area contributed by atoms with Crippen LogP contribution in [0.2, 0.25) is 0 Å². The lowest BCUT2D eigenvalue weighted by molar-refractivity contribution is 0.599. The minimum absolute atomic E-state index is 0.0205. The largest absolute Gasteiger partial charge is 0.263 e. The van der Waals surface area contributed by atoms with Crippen molar-refractivity contribution in [2.24, 2.45) is 0 Å². The molecule has 6 heteroatoms. The van der Waals surface area contributed by atoms with Crippen molar-refractivity contribution in [3.8, 4) is 11.1 Å². The summed E-state index contributed by atoms with van der Waals surface area (Å²) in [6, 6.07) is 17.6. The van der Waals surface area contributed by atoms with E-state index in [0.717, 1.165) is 23.3 Å². The molecule has 0 fully saturated rings. The molecule has 1 heterocycles. The highest BCUT2D eigenvalue weighted by molar-refractivity contribution is 7.92. The smallest absolute Gasteiger partial charge is 0.263 e. The van der Waals surface area contributed by atoms with Crippen LogP contribution in [0, 0.1) is 5.82 Å². The normalized spacial score (nSPS) is 11.2. The summed E-state index contributed by atoms with van der Waals surface area (Å²) >= 11 is 0. The Labute approximate surface area is 133 Å². The first-order chi connectivity index (χ1) is 11.0. The van der Waals surface area contributed by atoms with Gasteiger partial charge in [-0.05, 0) is 42.0 Å². The summed E-state index contributed by atoms with van der Waals surface area (Å²) in [5.41, 5.74) is 1.88. The standard InChI is InChI=1S/C17H13FN2O2S/c18-15-7-9-16(10-8-15)23(21,22)20-17-11-6-14(12-19-17)13-4-2-1-3-5-13/h1-12H,(H,19,20). The molecule has 3 aromatic rings. The molecule has 0 saturated heterocycles. The fourth-order valence-corrected chi connectivity index (χ4v) is 3.07. The third-order valence-corrected chi connectivity index (χ3v) is 4.60. The minimum atomic E-state index is -3.79. The van der Waals surface area contributed by atoms with Crippen molar-refractivity contribution in [2.45, 2.75) is 4.90 Å². The molecule has 4 nitrogen and oxygen atoms in total. The van der Waals surface area contributed by atoms with Gasteiger partial charge >= 0.3 is 0 Å². The van der Waals surface area contributed by atoms with Crippen LogP contribution in [0.25, 0.3) is 11.1 Å². The second kappa shape index (κ2) is 6.18. The quantitative estimate of drug-likeness (QED) is 0.794. The molecule has 1 N–H and O–H groups in total. The summed E-state index contributed by atoms with van der Waals surface area (Å²) in [5, 5.41) is 0. The van der Waals surface area contributed by atoms with Crippen molar-refractivity contribution in [1.29, 1.82) is 0 Å². The number of nitrogens with one attached hydrogen (secondary N) is 1. The zero-order valence-electron chi connectivity index (χ0n) is 12.0. The van der Waals surface area contributed by atoms with E-state index in [1.54, 1.807) is 18.3 Å². The fraction of sp³-hybridized carbons (Fsp3) is 0. The van der Waals surface area contributed by atoms with Crippen LogP contribution in [0.5, 0.6) is 0 Å². The molecular weight excluding hydrogens is 315 g/mol. The van der Waals surface area contributed by atoms with Crippen molar-refractivity contribution < 1.29 is 12.8 Å². The average molecular weight is 328 g/mol. The molecule has 0 atom stereocenters. The molecule has 3 rings (SSSR count). The summed E-state index contributed by atoms with van der Waals surface area (Å²) in [4.78, 5) is 4.10. The molecule has 0 unspecified atom stereocenters. The summed E-state index contributed by atoms with van der Waals surface area (Å²) in [6.45, 7) is 0. The Bertz CT molecular complexity index is 894. The van der Waals surface area contributed by atoms with Gasteiger partial charge < -0.3 is 0 Å². The first kappa shape index (κ1) is 15.2. The van der Waals surface area contributed by atoms with Crippen LogP contribution in [0.1, 0.15) is 0 Å². The molecule has 2 aromatic carbocycles. The van der Waals surface area contributed by atoms with Gasteiger partial charge in [-0.1, -0.05) is 30.3 Å². The number of pyridine rings is 1. The van der Waals surface area contributed by atoms with E-state index < -0.39 is 15.8 Å². The second-order valence-corrected chi connectivity index (χ2v) is 6.54. The third-order valence-electron chi connectivity index (χ3n) is 3.23. The minimum Gasteiger partial charge on any atom is -0.263 e. The molecule has 0 radical (unpaired) electrons. The molecule has 0 spiro atoms. The highest BCUT2D eigenvalue weighted by atomic mass is 32.2. The van der Waals surface area contributed by atoms with Crippen LogP contribution in [0.4, 0.5) is 10.2 Å². The SMILES string of the molecule is O=S(=O)(Nc1ccc(-c2ccccc2)cn1)c1ccc(F)cc1. The number of nitrogens with zero attached hydrogens (tertiary/aromatic N) is 1. The van der Waals surface area contributed by atoms with Gasteiger partial charge in [-0.2, -0.15) is 0 Å². The highest BCUT2D eigenvalue weighted by Gasteiger charge is 2.14. The molecule has 23 heavy (non-hydrogen) atoms. The van der Waals surface area contributed by atoms with Crippen molar-refractivity contribution in [3.63, 3.8) is 0 Å². The van der Waals surface area contributed by atoms with Crippen LogP contribution in [-0.2, 0) is 10.0 Å². The molecule has 0 aliphatic rings. The van der Waals surface area contributed by atoms with E-state index in [2.05, 4.69) is 9.71 Å². The molecular formula is C17H13FN2O2S. The number of hydrogen-bond donors (Lipinski definition) is 1. The van der Waals surface area contributed by atoms with Crippen molar-refractivity contribution >= 4 is 15.8 Å². The summed E-state index contributed by atoms with van der Waals surface area (Å²) in [6.07, 6.45) is 1.60. The number of hydrogen-bond acceptors (Lipinski definition) is 3. The number of benzene rings is 2. The van der Waals surface area contributed by atoms with Crippen LogP contribution in [0.3, 0.4) is 0 Å². The second-order valence-electron chi connectivity index (χ2n) is 4.86. The van der Waals surface area contributed by atoms with Gasteiger partial charge in [-0.15, -0.1) is 0 Å². The zero-order chi connectivity index (χ0) is 16.3. The highest BCUT2D eigenvalue weighted by Crippen LogP contribution is 2.20. The topological polar surface area (TPSA) is 59.1 Å². The first-order valence-electron chi connectivity index (χ1n) is 6.84. The van der Waals surface area contributed by atoms with E-state index in [1.807, 2.05) is 30.3 Å². The van der Waals surface area contributed by atoms with Crippen LogP contribution >= 0.6 is 0 Å². The maximum absolute atomic E-state index is 12.9. The van der Waals surface area contributed by atoms with Crippen LogP contribution in [0.15, 0.2) is 77.8 Å². The third kappa shape index (κ3) is 3.54. The van der Waals surface area contributed by atoms with Gasteiger partial charge in [-0.25, -0.2) is 17.8 Å². The first-order valence-corrected chi connectivity index (χ1v) is 8.33. The summed E-state index contributed by atoms with van der Waals surface area (Å²) in [7, 11) is -3.79. The maximum Gasteiger partial charge on any atom is 0.263 e. The van der Waals surface area contributed by atoms with E-state index in [-0.39, 0.29) is 10.7 Å². The predicted octanol–water partition coefficient (Wildman–Crippen LogP) is 3.69. The van der Waals surface area contributed by atoms with Gasteiger partial charge in [0, 0.05) is 11.8 Å². The Morgan fingerprint density at radius 2 is 1.52 bits per heavy atom. The van der Waals surface area contributed by atoms with Crippen LogP contribution < -0.4 is 4.72 Å². The van der Waals surface area contributed by atoms with Gasteiger partial charge in [0.1, 0.15) is 11.6 Å². The van der Waals surface area contributed by atoms with Crippen molar-refractivity contribution in [1.82, 2.24) is 4.98 Å². The Kier molecular flexibility index (Phi) is 4.08. The summed E-state index contributed by atoms with van der Waals surface area (Å²) < 4.78 is 39.6. The maximum atomic E-state index is 12.9. The number of sulfonamides is 1. The number of halogens is 1. The van der Waals surface area contributed by atoms with Crippen molar-refractivity contribution in [2.75, 3.05) is 4.72 Å². The Hall–Kier alpha value is -2.73. The van der Waals surface area contributed by atoms with Gasteiger partial charge in [0.05, 0.1) is 4.90 Å². The van der Waals surface area contributed by atoms with E-state index in [1.165, 1.54) is 12.1 Å². The lowest BCUT2D eigenvalue weighted by Gasteiger charge is -2.08. The Morgan fingerprint density at radius 1 is 0.826 bits per heavy atom. The van der Waals surface area contributed by atoms with Gasteiger partial charge in [0.15, 0.2) is 0 Å². The number of rotatable bonds is 4. The van der Waals surface area contributed by atoms with E-state index in [0.29, 0.717) is 0 Å². The molecule has 0 amide bonds. The molecule has 0 saturated carbocycles. The van der Waals surface area contributed by atoms with Gasteiger partial charge in [0.2, 0.25) is 0 Å². The van der Waals surface area contributed by atoms with E-state index in [4.69, 9.17) is 0 Å². The lowest BCUT2D eigenvalue weighted by Crippen LogP contribution is -2.13. The Balaban J connectivity index is 1.82. The molecule has 1 aromatic heterocycles. The van der Waals surface area contributed by atoms with E-state index in [9.17, 15) is 12.8 Å². The molecule has 116 valence electrons. The number of aromatic nitrogens is 1. The van der Waals surface area contributed by atoms with Gasteiger partial charge in [0.25, 0.3) is 10.0 Å². The Morgan fingerprint density at radius 3 is 2.13 bits per heavy atom. The van der Waals surface area contributed by atoms with Crippen LogP contribution in [-0.4, -0.2) is 13.4 Å². The molecule has 0 aliphatic carbocycles.